The van der Waals surface area contributed by atoms with Crippen molar-refractivity contribution in [2.24, 2.45) is 0 Å². The van der Waals surface area contributed by atoms with E-state index in [1.54, 1.807) is 6.20 Å². The van der Waals surface area contributed by atoms with Gasteiger partial charge < -0.3 is 10.6 Å². The average Bonchev–Trinajstić information content (AvgIpc) is 3.26. The van der Waals surface area contributed by atoms with E-state index in [9.17, 15) is 4.79 Å². The third kappa shape index (κ3) is 3.82. The molecule has 3 fully saturated rings. The molecule has 0 saturated carbocycles. The minimum Gasteiger partial charge on any atom is -0.350 e. The van der Waals surface area contributed by atoms with Crippen LogP contribution < -0.4 is 10.6 Å². The third-order valence-electron chi connectivity index (χ3n) is 5.97. The van der Waals surface area contributed by atoms with Gasteiger partial charge in [-0.05, 0) is 57.8 Å². The lowest BCUT2D eigenvalue weighted by molar-refractivity contribution is -0.133. The van der Waals surface area contributed by atoms with Crippen molar-refractivity contribution < 1.29 is 4.79 Å². The highest BCUT2D eigenvalue weighted by molar-refractivity contribution is 5.86. The van der Waals surface area contributed by atoms with Gasteiger partial charge in [0.15, 0.2) is 0 Å². The second-order valence-electron chi connectivity index (χ2n) is 7.20. The Morgan fingerprint density at radius 3 is 2.68 bits per heavy atom. The van der Waals surface area contributed by atoms with Crippen molar-refractivity contribution in [1.82, 2.24) is 25.3 Å². The molecule has 1 aromatic rings. The SMILES string of the molecule is Cl.Cl.O=C(NC1CCN2CCCCC12)C1(n2cccn2)CCNCC1. The average molecular weight is 390 g/mol. The van der Waals surface area contributed by atoms with E-state index >= 15 is 0 Å². The van der Waals surface area contributed by atoms with Crippen LogP contribution in [0.15, 0.2) is 18.5 Å². The van der Waals surface area contributed by atoms with Crippen molar-refractivity contribution in [3.8, 4) is 0 Å². The number of piperidine rings is 2. The fraction of sp³-hybridized carbons (Fsp3) is 0.765. The number of carbonyl (C=O) groups is 1. The van der Waals surface area contributed by atoms with E-state index < -0.39 is 5.54 Å². The molecule has 8 heteroatoms. The number of carbonyl (C=O) groups excluding carboxylic acids is 1. The highest BCUT2D eigenvalue weighted by atomic mass is 35.5. The van der Waals surface area contributed by atoms with Crippen LogP contribution in [0.5, 0.6) is 0 Å². The van der Waals surface area contributed by atoms with E-state index in [1.165, 1.54) is 25.8 Å². The van der Waals surface area contributed by atoms with E-state index in [-0.39, 0.29) is 30.7 Å². The summed E-state index contributed by atoms with van der Waals surface area (Å²) in [5.74, 6) is 0.167. The molecule has 3 saturated heterocycles. The van der Waals surface area contributed by atoms with Gasteiger partial charge in [-0.1, -0.05) is 6.42 Å². The van der Waals surface area contributed by atoms with Crippen molar-refractivity contribution in [3.63, 3.8) is 0 Å². The number of hydrogen-bond donors (Lipinski definition) is 2. The second-order valence-corrected chi connectivity index (χ2v) is 7.20. The highest BCUT2D eigenvalue weighted by Crippen LogP contribution is 2.31. The summed E-state index contributed by atoms with van der Waals surface area (Å²) in [5.41, 5.74) is -0.517. The number of rotatable bonds is 3. The Morgan fingerprint density at radius 1 is 1.16 bits per heavy atom. The molecule has 3 aliphatic rings. The van der Waals surface area contributed by atoms with Gasteiger partial charge in [0.25, 0.3) is 0 Å². The summed E-state index contributed by atoms with van der Waals surface area (Å²) in [4.78, 5) is 15.8. The topological polar surface area (TPSA) is 62.2 Å². The number of aromatic nitrogens is 2. The maximum atomic E-state index is 13.2. The summed E-state index contributed by atoms with van der Waals surface area (Å²) < 4.78 is 1.89. The van der Waals surface area contributed by atoms with Crippen LogP contribution in [-0.4, -0.2) is 58.9 Å². The van der Waals surface area contributed by atoms with Crippen LogP contribution >= 0.6 is 24.8 Å². The van der Waals surface area contributed by atoms with E-state index in [2.05, 4.69) is 20.6 Å². The number of amides is 1. The molecule has 25 heavy (non-hydrogen) atoms. The Morgan fingerprint density at radius 2 is 1.96 bits per heavy atom. The van der Waals surface area contributed by atoms with Crippen LogP contribution in [-0.2, 0) is 10.3 Å². The first-order valence-electron chi connectivity index (χ1n) is 9.05. The highest BCUT2D eigenvalue weighted by Gasteiger charge is 2.45. The largest absolute Gasteiger partial charge is 0.350 e. The van der Waals surface area contributed by atoms with Gasteiger partial charge in [-0.25, -0.2) is 0 Å². The molecule has 0 aliphatic carbocycles. The molecule has 3 aliphatic heterocycles. The molecule has 4 heterocycles. The van der Waals surface area contributed by atoms with Gasteiger partial charge in [-0.15, -0.1) is 24.8 Å². The van der Waals surface area contributed by atoms with Crippen LogP contribution in [0.2, 0.25) is 0 Å². The minimum atomic E-state index is -0.517. The summed E-state index contributed by atoms with van der Waals surface area (Å²) in [6.45, 7) is 4.07. The molecule has 0 spiro atoms. The first kappa shape index (κ1) is 20.5. The molecule has 1 amide bonds. The van der Waals surface area contributed by atoms with Crippen LogP contribution in [0.4, 0.5) is 0 Å². The van der Waals surface area contributed by atoms with Crippen molar-refractivity contribution >= 4 is 30.7 Å². The van der Waals surface area contributed by atoms with Crippen molar-refractivity contribution in [3.05, 3.63) is 18.5 Å². The van der Waals surface area contributed by atoms with Gasteiger partial charge in [0.1, 0.15) is 5.54 Å². The Labute approximate surface area is 161 Å². The molecule has 4 rings (SSSR count). The van der Waals surface area contributed by atoms with Crippen LogP contribution in [0.3, 0.4) is 0 Å². The number of nitrogens with one attached hydrogen (secondary N) is 2. The lowest BCUT2D eigenvalue weighted by atomic mass is 9.86. The number of fused-ring (bicyclic) bond motifs is 1. The van der Waals surface area contributed by atoms with Crippen molar-refractivity contribution in [2.75, 3.05) is 26.2 Å². The normalized spacial score (nSPS) is 28.3. The van der Waals surface area contributed by atoms with Gasteiger partial charge >= 0.3 is 0 Å². The zero-order chi connectivity index (χ0) is 15.7. The zero-order valence-electron chi connectivity index (χ0n) is 14.5. The molecular formula is C17H29Cl2N5O. The number of halogens is 2. The molecule has 2 N–H and O–H groups in total. The summed E-state index contributed by atoms with van der Waals surface area (Å²) in [6.07, 6.45) is 10.2. The Balaban J connectivity index is 0.00000113. The Bertz CT molecular complexity index is 547. The molecule has 1 aromatic heterocycles. The Kier molecular flexibility index (Phi) is 7.14. The monoisotopic (exact) mass is 389 g/mol. The molecule has 0 aromatic carbocycles. The fourth-order valence-electron chi connectivity index (χ4n) is 4.64. The lowest BCUT2D eigenvalue weighted by Crippen LogP contribution is -2.58. The molecule has 142 valence electrons. The summed E-state index contributed by atoms with van der Waals surface area (Å²) >= 11 is 0. The maximum absolute atomic E-state index is 13.2. The van der Waals surface area contributed by atoms with Crippen LogP contribution in [0.1, 0.15) is 38.5 Å². The predicted molar refractivity (Wildman–Crippen MR) is 103 cm³/mol. The van der Waals surface area contributed by atoms with Gasteiger partial charge in [-0.3, -0.25) is 14.4 Å². The molecule has 2 atom stereocenters. The van der Waals surface area contributed by atoms with E-state index in [0.717, 1.165) is 38.9 Å². The first-order chi connectivity index (χ1) is 11.3. The quantitative estimate of drug-likeness (QED) is 0.822. The molecule has 0 radical (unpaired) electrons. The number of nitrogens with zero attached hydrogens (tertiary/aromatic N) is 3. The molecule has 0 bridgehead atoms. The summed E-state index contributed by atoms with van der Waals surface area (Å²) in [7, 11) is 0. The predicted octanol–water partition coefficient (Wildman–Crippen LogP) is 1.55. The van der Waals surface area contributed by atoms with Crippen LogP contribution in [0, 0.1) is 0 Å². The Hall–Kier alpha value is -0.820. The van der Waals surface area contributed by atoms with E-state index in [1.807, 2.05) is 16.9 Å². The van der Waals surface area contributed by atoms with E-state index in [4.69, 9.17) is 0 Å². The summed E-state index contributed by atoms with van der Waals surface area (Å²) in [6, 6.07) is 2.77. The van der Waals surface area contributed by atoms with Crippen LogP contribution in [0.25, 0.3) is 0 Å². The van der Waals surface area contributed by atoms with Gasteiger partial charge in [-0.2, -0.15) is 5.10 Å². The van der Waals surface area contributed by atoms with Gasteiger partial charge in [0.05, 0.1) is 0 Å². The molecular weight excluding hydrogens is 361 g/mol. The third-order valence-corrected chi connectivity index (χ3v) is 5.97. The molecule has 2 unspecified atom stereocenters. The van der Waals surface area contributed by atoms with E-state index in [0.29, 0.717) is 12.1 Å². The lowest BCUT2D eigenvalue weighted by Gasteiger charge is -2.39. The minimum absolute atomic E-state index is 0. The smallest absolute Gasteiger partial charge is 0.248 e. The fourth-order valence-corrected chi connectivity index (χ4v) is 4.64. The van der Waals surface area contributed by atoms with Gasteiger partial charge in [0, 0.05) is 31.0 Å². The first-order valence-corrected chi connectivity index (χ1v) is 9.05. The number of hydrogen-bond acceptors (Lipinski definition) is 4. The van der Waals surface area contributed by atoms with Crippen molar-refractivity contribution in [2.45, 2.75) is 56.1 Å². The van der Waals surface area contributed by atoms with Gasteiger partial charge in [0.2, 0.25) is 5.91 Å². The maximum Gasteiger partial charge on any atom is 0.248 e. The molecule has 6 nitrogen and oxygen atoms in total. The second kappa shape index (κ2) is 8.71. The summed E-state index contributed by atoms with van der Waals surface area (Å²) in [5, 5.41) is 11.2. The standard InChI is InChI=1S/C17H27N5O.2ClH/c23-16(20-14-5-13-21-11-2-1-4-15(14)21)17(6-9-18-10-7-17)22-12-3-8-19-22;;/h3,8,12,14-15,18H,1-2,4-7,9-11,13H2,(H,20,23);2*1H. The van der Waals surface area contributed by atoms with Crippen molar-refractivity contribution in [1.29, 1.82) is 0 Å². The zero-order valence-corrected chi connectivity index (χ0v) is 16.2.